The standard InChI is InChI=1S/C16H22N4O5S/c1-9(2)18-16(23)20-6-11-12(8-26(24,25)13(11)7-20)19-15(22)10-3-4-14(21)17-5-10/h3-5,9,11-13H,6-8H2,1-2H3,(H,17,21)(H,18,23)(H,19,22)/t11-,12+,13-/m0/s1. The lowest BCUT2D eigenvalue weighted by Crippen LogP contribution is -2.45. The van der Waals surface area contributed by atoms with Crippen LogP contribution < -0.4 is 16.2 Å². The van der Waals surface area contributed by atoms with Gasteiger partial charge in [0.15, 0.2) is 9.84 Å². The molecular formula is C16H22N4O5S. The number of urea groups is 1. The first kappa shape index (κ1) is 18.4. The molecule has 9 nitrogen and oxygen atoms in total. The van der Waals surface area contributed by atoms with Crippen LogP contribution in [0.3, 0.4) is 0 Å². The zero-order valence-electron chi connectivity index (χ0n) is 14.6. The lowest BCUT2D eigenvalue weighted by atomic mass is 10.0. The Morgan fingerprint density at radius 2 is 2.00 bits per heavy atom. The highest BCUT2D eigenvalue weighted by Crippen LogP contribution is 2.34. The fourth-order valence-electron chi connectivity index (χ4n) is 3.52. The summed E-state index contributed by atoms with van der Waals surface area (Å²) < 4.78 is 24.9. The van der Waals surface area contributed by atoms with Crippen molar-refractivity contribution in [2.24, 2.45) is 5.92 Å². The molecule has 3 rings (SSSR count). The van der Waals surface area contributed by atoms with E-state index in [1.54, 1.807) is 0 Å². The van der Waals surface area contributed by atoms with Crippen molar-refractivity contribution in [1.82, 2.24) is 20.5 Å². The number of pyridine rings is 1. The lowest BCUT2D eigenvalue weighted by molar-refractivity contribution is 0.0931. The van der Waals surface area contributed by atoms with Gasteiger partial charge in [-0.15, -0.1) is 0 Å². The smallest absolute Gasteiger partial charge is 0.317 e. The molecule has 0 aliphatic carbocycles. The van der Waals surface area contributed by atoms with Gasteiger partial charge in [0.05, 0.1) is 16.6 Å². The Hall–Kier alpha value is -2.36. The van der Waals surface area contributed by atoms with Crippen LogP contribution in [0.5, 0.6) is 0 Å². The number of nitrogens with one attached hydrogen (secondary N) is 3. The van der Waals surface area contributed by atoms with Gasteiger partial charge in [-0.1, -0.05) is 0 Å². The van der Waals surface area contributed by atoms with E-state index in [0.29, 0.717) is 0 Å². The second-order valence-corrected chi connectivity index (χ2v) is 9.33. The quantitative estimate of drug-likeness (QED) is 0.638. The van der Waals surface area contributed by atoms with E-state index in [1.165, 1.54) is 23.2 Å². The van der Waals surface area contributed by atoms with Crippen molar-refractivity contribution in [2.75, 3.05) is 18.8 Å². The molecule has 1 aromatic heterocycles. The summed E-state index contributed by atoms with van der Waals surface area (Å²) in [6.07, 6.45) is 1.29. The second-order valence-electron chi connectivity index (χ2n) is 7.06. The molecule has 0 radical (unpaired) electrons. The molecule has 0 spiro atoms. The van der Waals surface area contributed by atoms with Gasteiger partial charge in [0.25, 0.3) is 5.91 Å². The Kier molecular flexibility index (Phi) is 4.78. The predicted octanol–water partition coefficient (Wildman–Crippen LogP) is -0.680. The normalized spacial score (nSPS) is 26.6. The number of carbonyl (C=O) groups is 2. The van der Waals surface area contributed by atoms with Gasteiger partial charge < -0.3 is 20.5 Å². The van der Waals surface area contributed by atoms with E-state index in [1.807, 2.05) is 13.8 Å². The maximum atomic E-state index is 12.4. The molecule has 1 aromatic rings. The molecule has 2 aliphatic rings. The minimum absolute atomic E-state index is 0.0460. The lowest BCUT2D eigenvalue weighted by Gasteiger charge is -2.22. The third kappa shape index (κ3) is 3.59. The largest absolute Gasteiger partial charge is 0.348 e. The fourth-order valence-corrected chi connectivity index (χ4v) is 5.81. The van der Waals surface area contributed by atoms with E-state index in [0.717, 1.165) is 0 Å². The minimum atomic E-state index is -3.40. The third-order valence-corrected chi connectivity index (χ3v) is 7.01. The molecule has 142 valence electrons. The molecule has 3 N–H and O–H groups in total. The number of carbonyl (C=O) groups excluding carboxylic acids is 2. The number of hydrogen-bond donors (Lipinski definition) is 3. The molecule has 26 heavy (non-hydrogen) atoms. The number of amides is 3. The third-order valence-electron chi connectivity index (χ3n) is 4.76. The molecule has 3 amide bonds. The van der Waals surface area contributed by atoms with Crippen molar-refractivity contribution in [2.45, 2.75) is 31.2 Å². The van der Waals surface area contributed by atoms with Crippen LogP contribution in [-0.2, 0) is 9.84 Å². The van der Waals surface area contributed by atoms with Gasteiger partial charge in [-0.25, -0.2) is 13.2 Å². The number of rotatable bonds is 3. The van der Waals surface area contributed by atoms with Crippen LogP contribution in [0, 0.1) is 5.92 Å². The molecule has 10 heteroatoms. The zero-order valence-corrected chi connectivity index (χ0v) is 15.4. The summed E-state index contributed by atoms with van der Waals surface area (Å²) in [6, 6.07) is 1.70. The predicted molar refractivity (Wildman–Crippen MR) is 94.6 cm³/mol. The average Bonchev–Trinajstić information content (AvgIpc) is 3.08. The van der Waals surface area contributed by atoms with Crippen molar-refractivity contribution in [3.05, 3.63) is 34.2 Å². The number of nitrogens with zero attached hydrogens (tertiary/aromatic N) is 1. The monoisotopic (exact) mass is 382 g/mol. The Morgan fingerprint density at radius 1 is 1.27 bits per heavy atom. The van der Waals surface area contributed by atoms with E-state index < -0.39 is 27.0 Å². The number of hydrogen-bond acceptors (Lipinski definition) is 5. The number of H-pyrrole nitrogens is 1. The number of fused-ring (bicyclic) bond motifs is 1. The van der Waals surface area contributed by atoms with Crippen LogP contribution >= 0.6 is 0 Å². The minimum Gasteiger partial charge on any atom is -0.348 e. The summed E-state index contributed by atoms with van der Waals surface area (Å²) in [7, 11) is -3.40. The molecular weight excluding hydrogens is 360 g/mol. The highest BCUT2D eigenvalue weighted by molar-refractivity contribution is 7.92. The Bertz CT molecular complexity index is 858. The SMILES string of the molecule is CC(C)NC(=O)N1C[C@H]2[C@H](NC(=O)c3ccc(=O)[nH]c3)CS(=O)(=O)[C@H]2C1. The first-order valence-corrected chi connectivity index (χ1v) is 10.2. The summed E-state index contributed by atoms with van der Waals surface area (Å²) in [4.78, 5) is 39.5. The van der Waals surface area contributed by atoms with Gasteiger partial charge in [-0.2, -0.15) is 0 Å². The van der Waals surface area contributed by atoms with Crippen molar-refractivity contribution in [3.63, 3.8) is 0 Å². The molecule has 0 saturated carbocycles. The maximum Gasteiger partial charge on any atom is 0.317 e. The number of aromatic amines is 1. The van der Waals surface area contributed by atoms with E-state index in [2.05, 4.69) is 15.6 Å². The van der Waals surface area contributed by atoms with Crippen LogP contribution in [0.1, 0.15) is 24.2 Å². The highest BCUT2D eigenvalue weighted by atomic mass is 32.2. The van der Waals surface area contributed by atoms with E-state index in [4.69, 9.17) is 0 Å². The zero-order chi connectivity index (χ0) is 19.1. The highest BCUT2D eigenvalue weighted by Gasteiger charge is 2.53. The van der Waals surface area contributed by atoms with Crippen molar-refractivity contribution in [1.29, 1.82) is 0 Å². The molecule has 0 aromatic carbocycles. The summed E-state index contributed by atoms with van der Waals surface area (Å²) in [5.41, 5.74) is -0.0782. The Labute approximate surface area is 151 Å². The molecule has 0 unspecified atom stereocenters. The Morgan fingerprint density at radius 3 is 2.62 bits per heavy atom. The maximum absolute atomic E-state index is 12.4. The van der Waals surface area contributed by atoms with E-state index in [9.17, 15) is 22.8 Å². The van der Waals surface area contributed by atoms with Crippen LogP contribution in [0.25, 0.3) is 0 Å². The van der Waals surface area contributed by atoms with Crippen molar-refractivity contribution in [3.8, 4) is 0 Å². The van der Waals surface area contributed by atoms with Gasteiger partial charge in [0.1, 0.15) is 0 Å². The molecule has 2 fully saturated rings. The second kappa shape index (κ2) is 6.75. The molecule has 2 aliphatic heterocycles. The summed E-state index contributed by atoms with van der Waals surface area (Å²) >= 11 is 0. The average molecular weight is 382 g/mol. The van der Waals surface area contributed by atoms with Crippen LogP contribution in [0.4, 0.5) is 4.79 Å². The summed E-state index contributed by atoms with van der Waals surface area (Å²) in [6.45, 7) is 4.08. The summed E-state index contributed by atoms with van der Waals surface area (Å²) in [5.74, 6) is -0.936. The van der Waals surface area contributed by atoms with Crippen LogP contribution in [-0.4, -0.2) is 66.4 Å². The summed E-state index contributed by atoms with van der Waals surface area (Å²) in [5, 5.41) is 4.84. The number of likely N-dealkylation sites (tertiary alicyclic amines) is 1. The van der Waals surface area contributed by atoms with Gasteiger partial charge in [0, 0.05) is 43.4 Å². The van der Waals surface area contributed by atoms with Gasteiger partial charge in [-0.05, 0) is 19.9 Å². The molecule has 0 bridgehead atoms. The first-order valence-electron chi connectivity index (χ1n) is 8.44. The van der Waals surface area contributed by atoms with E-state index >= 15 is 0 Å². The molecule has 2 saturated heterocycles. The van der Waals surface area contributed by atoms with Crippen molar-refractivity contribution >= 4 is 21.8 Å². The van der Waals surface area contributed by atoms with Gasteiger partial charge in [0.2, 0.25) is 5.56 Å². The van der Waals surface area contributed by atoms with E-state index in [-0.39, 0.29) is 48.0 Å². The first-order chi connectivity index (χ1) is 12.2. The van der Waals surface area contributed by atoms with Crippen molar-refractivity contribution < 1.29 is 18.0 Å². The van der Waals surface area contributed by atoms with Crippen LogP contribution in [0.2, 0.25) is 0 Å². The van der Waals surface area contributed by atoms with Gasteiger partial charge in [-0.3, -0.25) is 9.59 Å². The molecule has 3 atom stereocenters. The van der Waals surface area contributed by atoms with Crippen LogP contribution in [0.15, 0.2) is 23.1 Å². The fraction of sp³-hybridized carbons (Fsp3) is 0.562. The molecule has 3 heterocycles. The Balaban J connectivity index is 1.73. The number of sulfone groups is 1. The van der Waals surface area contributed by atoms with Gasteiger partial charge >= 0.3 is 6.03 Å². The number of aromatic nitrogens is 1. The topological polar surface area (TPSA) is 128 Å².